The molecule has 0 aliphatic heterocycles. The molecule has 0 aliphatic carbocycles. The lowest BCUT2D eigenvalue weighted by molar-refractivity contribution is 0.0271. The minimum atomic E-state index is -0.359. The van der Waals surface area contributed by atoms with E-state index in [1.165, 1.54) is 5.01 Å². The molecule has 159 valence electrons. The first-order chi connectivity index (χ1) is 14.1. The zero-order valence-electron chi connectivity index (χ0n) is 18.8. The first-order valence-electron chi connectivity index (χ1n) is 10.4. The van der Waals surface area contributed by atoms with Crippen LogP contribution in [0.4, 0.5) is 0 Å². The summed E-state index contributed by atoms with van der Waals surface area (Å²) >= 11 is 0. The summed E-state index contributed by atoms with van der Waals surface area (Å²) in [6.07, 6.45) is 1.65. The molecule has 0 saturated carbocycles. The lowest BCUT2D eigenvalue weighted by Gasteiger charge is -2.40. The number of nitrogens with one attached hydrogen (secondary N) is 1. The lowest BCUT2D eigenvalue weighted by Crippen LogP contribution is -2.56. The molecule has 0 saturated heterocycles. The molecule has 0 aromatic heterocycles. The Balaban J connectivity index is 2.43. The van der Waals surface area contributed by atoms with Crippen molar-refractivity contribution in [1.82, 2.24) is 10.4 Å². The standard InChI is InChI=1S/C24H32BN2O3/c1-7-8-21(24(4,5)6)27(23(29)19-14-16(2)13-17(3)15-19)26-22(28)18-9-11-20(25-30)12-10-18/h9-15,21,30H,7-8H2,1-6H3,(H,26,28)/t21-/m1/s1. The molecule has 1 radical (unpaired) electrons. The van der Waals surface area contributed by atoms with Crippen molar-refractivity contribution in [3.63, 3.8) is 0 Å². The van der Waals surface area contributed by atoms with Gasteiger partial charge in [0, 0.05) is 11.1 Å². The van der Waals surface area contributed by atoms with Gasteiger partial charge in [-0.3, -0.25) is 15.0 Å². The summed E-state index contributed by atoms with van der Waals surface area (Å²) in [5, 5.41) is 10.6. The van der Waals surface area contributed by atoms with Crippen LogP contribution in [0.3, 0.4) is 0 Å². The maximum absolute atomic E-state index is 13.6. The van der Waals surface area contributed by atoms with E-state index < -0.39 is 0 Å². The highest BCUT2D eigenvalue weighted by Gasteiger charge is 2.35. The number of aryl methyl sites for hydroxylation is 2. The quantitative estimate of drug-likeness (QED) is 0.569. The number of hydrogen-bond acceptors (Lipinski definition) is 3. The zero-order valence-corrected chi connectivity index (χ0v) is 18.8. The number of rotatable bonds is 6. The Labute approximate surface area is 180 Å². The van der Waals surface area contributed by atoms with Crippen LogP contribution >= 0.6 is 0 Å². The van der Waals surface area contributed by atoms with Crippen LogP contribution < -0.4 is 10.9 Å². The molecule has 5 nitrogen and oxygen atoms in total. The number of nitrogens with zero attached hydrogens (tertiary/aromatic N) is 1. The molecule has 0 fully saturated rings. The van der Waals surface area contributed by atoms with Crippen molar-refractivity contribution in [3.8, 4) is 0 Å². The van der Waals surface area contributed by atoms with Crippen molar-refractivity contribution in [2.24, 2.45) is 5.41 Å². The maximum atomic E-state index is 13.6. The van der Waals surface area contributed by atoms with Gasteiger partial charge >= 0.3 is 7.48 Å². The first-order valence-corrected chi connectivity index (χ1v) is 10.4. The molecule has 6 heteroatoms. The normalized spacial score (nSPS) is 12.2. The molecular weight excluding hydrogens is 375 g/mol. The molecule has 1 atom stereocenters. The predicted molar refractivity (Wildman–Crippen MR) is 122 cm³/mol. The molecule has 2 aromatic carbocycles. The number of carbonyl (C=O) groups is 2. The fourth-order valence-electron chi connectivity index (χ4n) is 3.62. The Hall–Kier alpha value is -2.60. The van der Waals surface area contributed by atoms with Crippen molar-refractivity contribution >= 4 is 24.8 Å². The molecule has 2 amide bonds. The van der Waals surface area contributed by atoms with Gasteiger partial charge in [0.2, 0.25) is 0 Å². The molecular formula is C24H32BN2O3. The molecule has 2 aromatic rings. The summed E-state index contributed by atoms with van der Waals surface area (Å²) in [5.74, 6) is -0.577. The van der Waals surface area contributed by atoms with Crippen molar-refractivity contribution in [2.75, 3.05) is 0 Å². The highest BCUT2D eigenvalue weighted by Crippen LogP contribution is 2.28. The fraction of sp³-hybridized carbons (Fsp3) is 0.417. The smallest absolute Gasteiger partial charge is 0.326 e. The third-order valence-electron chi connectivity index (χ3n) is 5.10. The Kier molecular flexibility index (Phi) is 7.85. The monoisotopic (exact) mass is 407 g/mol. The molecule has 0 spiro atoms. The number of benzene rings is 2. The van der Waals surface area contributed by atoms with Crippen molar-refractivity contribution in [2.45, 2.75) is 60.4 Å². The van der Waals surface area contributed by atoms with Crippen molar-refractivity contribution < 1.29 is 14.6 Å². The average molecular weight is 407 g/mol. The summed E-state index contributed by atoms with van der Waals surface area (Å²) in [5.41, 5.74) is 6.23. The molecule has 0 aliphatic rings. The fourth-order valence-corrected chi connectivity index (χ4v) is 3.62. The summed E-state index contributed by atoms with van der Waals surface area (Å²) in [6.45, 7) is 12.2. The van der Waals surface area contributed by atoms with Crippen molar-refractivity contribution in [1.29, 1.82) is 0 Å². The molecule has 30 heavy (non-hydrogen) atoms. The summed E-state index contributed by atoms with van der Waals surface area (Å²) in [6, 6.07) is 12.1. The van der Waals surface area contributed by atoms with Gasteiger partial charge in [-0.15, -0.1) is 0 Å². The third kappa shape index (κ3) is 5.96. The number of hydrazine groups is 1. The van der Waals surface area contributed by atoms with Gasteiger partial charge in [0.05, 0.1) is 6.04 Å². The Morgan fingerprint density at radius 1 is 1.03 bits per heavy atom. The van der Waals surface area contributed by atoms with Gasteiger partial charge in [0.25, 0.3) is 11.8 Å². The van der Waals surface area contributed by atoms with Gasteiger partial charge in [-0.2, -0.15) is 0 Å². The van der Waals surface area contributed by atoms with Crippen molar-refractivity contribution in [3.05, 3.63) is 64.7 Å². The summed E-state index contributed by atoms with van der Waals surface area (Å²) in [4.78, 5) is 26.5. The van der Waals surface area contributed by atoms with Crippen LogP contribution in [0.15, 0.2) is 42.5 Å². The SMILES string of the molecule is CCC[C@@H](N(NC(=O)c1ccc([B]O)cc1)C(=O)c1cc(C)cc(C)c1)C(C)(C)C. The highest BCUT2D eigenvalue weighted by atomic mass is 16.2. The summed E-state index contributed by atoms with van der Waals surface area (Å²) < 4.78 is 0. The second kappa shape index (κ2) is 9.94. The van der Waals surface area contributed by atoms with E-state index in [2.05, 4.69) is 33.1 Å². The van der Waals surface area contributed by atoms with Gasteiger partial charge in [-0.1, -0.05) is 68.9 Å². The summed E-state index contributed by atoms with van der Waals surface area (Å²) in [7, 11) is 0.981. The molecule has 0 heterocycles. The molecule has 0 bridgehead atoms. The number of hydrogen-bond donors (Lipinski definition) is 2. The lowest BCUT2D eigenvalue weighted by atomic mass is 9.83. The highest BCUT2D eigenvalue weighted by molar-refractivity contribution is 6.45. The van der Waals surface area contributed by atoms with Crippen LogP contribution in [0.5, 0.6) is 0 Å². The van der Waals surface area contributed by atoms with E-state index in [-0.39, 0.29) is 23.3 Å². The van der Waals surface area contributed by atoms with Crippen LogP contribution in [0.2, 0.25) is 0 Å². The molecule has 2 N–H and O–H groups in total. The predicted octanol–water partition coefficient (Wildman–Crippen LogP) is 3.54. The Morgan fingerprint density at radius 3 is 2.07 bits per heavy atom. The van der Waals surface area contributed by atoms with E-state index in [0.717, 1.165) is 31.5 Å². The first kappa shape index (κ1) is 23.7. The van der Waals surface area contributed by atoms with Crippen LogP contribution in [0.1, 0.15) is 72.4 Å². The van der Waals surface area contributed by atoms with Crippen LogP contribution in [0.25, 0.3) is 0 Å². The Bertz CT molecular complexity index is 868. The largest absolute Gasteiger partial charge is 0.450 e. The maximum Gasteiger partial charge on any atom is 0.326 e. The minimum absolute atomic E-state index is 0.176. The van der Waals surface area contributed by atoms with Crippen LogP contribution in [-0.2, 0) is 0 Å². The van der Waals surface area contributed by atoms with Gasteiger partial charge in [0.1, 0.15) is 0 Å². The van der Waals surface area contributed by atoms with Crippen LogP contribution in [0, 0.1) is 19.3 Å². The van der Waals surface area contributed by atoms with E-state index in [1.807, 2.05) is 32.0 Å². The molecule has 0 unspecified atom stereocenters. The second-order valence-electron chi connectivity index (χ2n) is 8.91. The van der Waals surface area contributed by atoms with Gasteiger partial charge in [-0.05, 0) is 49.9 Å². The zero-order chi connectivity index (χ0) is 22.5. The van der Waals surface area contributed by atoms with E-state index in [9.17, 15) is 9.59 Å². The van der Waals surface area contributed by atoms with E-state index >= 15 is 0 Å². The van der Waals surface area contributed by atoms with Crippen LogP contribution in [-0.4, -0.2) is 35.4 Å². The minimum Gasteiger partial charge on any atom is -0.450 e. The second-order valence-corrected chi connectivity index (χ2v) is 8.91. The van der Waals surface area contributed by atoms with Gasteiger partial charge in [0.15, 0.2) is 0 Å². The topological polar surface area (TPSA) is 69.6 Å². The van der Waals surface area contributed by atoms with E-state index in [1.54, 1.807) is 24.3 Å². The number of amides is 2. The Morgan fingerprint density at radius 2 is 1.60 bits per heavy atom. The van der Waals surface area contributed by atoms with Gasteiger partial charge < -0.3 is 5.02 Å². The molecule has 2 rings (SSSR count). The van der Waals surface area contributed by atoms with Gasteiger partial charge in [-0.25, -0.2) is 5.01 Å². The van der Waals surface area contributed by atoms with E-state index in [4.69, 9.17) is 5.02 Å². The number of carbonyl (C=O) groups excluding carboxylic acids is 2. The van der Waals surface area contributed by atoms with E-state index in [0.29, 0.717) is 16.6 Å². The third-order valence-corrected chi connectivity index (χ3v) is 5.10. The average Bonchev–Trinajstić information content (AvgIpc) is 2.68.